The Bertz CT molecular complexity index is 710. The fourth-order valence-electron chi connectivity index (χ4n) is 2.69. The Morgan fingerprint density at radius 2 is 2.23 bits per heavy atom. The van der Waals surface area contributed by atoms with Gasteiger partial charge in [-0.25, -0.2) is 15.0 Å². The van der Waals surface area contributed by atoms with Gasteiger partial charge in [0.25, 0.3) is 5.91 Å². The molecule has 2 aromatic heterocycles. The zero-order valence-electron chi connectivity index (χ0n) is 12.4. The number of rotatable bonds is 3. The van der Waals surface area contributed by atoms with Crippen LogP contribution in [0.1, 0.15) is 12.8 Å². The number of anilines is 1. The summed E-state index contributed by atoms with van der Waals surface area (Å²) in [5.74, 6) is 0.733. The van der Waals surface area contributed by atoms with Crippen LogP contribution in [0.25, 0.3) is 11.2 Å². The predicted molar refractivity (Wildman–Crippen MR) is 79.4 cm³/mol. The van der Waals surface area contributed by atoms with Gasteiger partial charge in [0, 0.05) is 19.6 Å². The number of hydrogen-bond donors (Lipinski definition) is 1. The second kappa shape index (κ2) is 5.20. The zero-order valence-corrected chi connectivity index (χ0v) is 12.4. The molecular formula is C14H18N6O2. The number of carbonyl (C=O) groups is 1. The first-order valence-electron chi connectivity index (χ1n) is 7.51. The molecule has 1 N–H and O–H groups in total. The van der Waals surface area contributed by atoms with E-state index in [1.54, 1.807) is 6.33 Å². The van der Waals surface area contributed by atoms with Crippen LogP contribution in [0.3, 0.4) is 0 Å². The molecule has 2 aliphatic rings. The number of aromatic nitrogens is 4. The first-order valence-corrected chi connectivity index (χ1v) is 7.51. The quantitative estimate of drug-likeness (QED) is 0.848. The third kappa shape index (κ3) is 2.39. The van der Waals surface area contributed by atoms with Crippen molar-refractivity contribution in [2.45, 2.75) is 25.0 Å². The molecule has 1 saturated carbocycles. The molecule has 1 aliphatic carbocycles. The molecule has 0 aromatic carbocycles. The van der Waals surface area contributed by atoms with E-state index in [0.29, 0.717) is 25.7 Å². The Labute approximate surface area is 127 Å². The lowest BCUT2D eigenvalue weighted by Crippen LogP contribution is -2.50. The molecule has 1 aliphatic heterocycles. The third-order valence-corrected chi connectivity index (χ3v) is 4.06. The summed E-state index contributed by atoms with van der Waals surface area (Å²) in [5.41, 5.74) is 1.55. The maximum atomic E-state index is 12.2. The van der Waals surface area contributed by atoms with E-state index in [4.69, 9.17) is 4.74 Å². The van der Waals surface area contributed by atoms with Crippen LogP contribution >= 0.6 is 0 Å². The number of aryl methyl sites for hydroxylation is 1. The summed E-state index contributed by atoms with van der Waals surface area (Å²) in [7, 11) is 1.90. The highest BCUT2D eigenvalue weighted by Gasteiger charge is 2.32. The molecule has 1 saturated heterocycles. The number of nitrogens with one attached hydrogen (secondary N) is 1. The van der Waals surface area contributed by atoms with Gasteiger partial charge < -0.3 is 19.5 Å². The summed E-state index contributed by atoms with van der Waals surface area (Å²) >= 11 is 0. The largest absolute Gasteiger partial charge is 0.365 e. The van der Waals surface area contributed by atoms with E-state index in [2.05, 4.69) is 25.2 Å². The van der Waals surface area contributed by atoms with E-state index in [-0.39, 0.29) is 5.91 Å². The molecule has 4 rings (SSSR count). The Morgan fingerprint density at radius 1 is 1.36 bits per heavy atom. The standard InChI is InChI=1S/C14H18N6O2/c1-19-8-17-11-12(19)15-7-16-13(11)20-4-5-22-10(6-20)14(21)18-9-2-3-9/h7-10H,2-6H2,1H3,(H,18,21). The lowest BCUT2D eigenvalue weighted by Gasteiger charge is -2.32. The minimum absolute atomic E-state index is 0.0291. The number of hydrogen-bond acceptors (Lipinski definition) is 6. The number of nitrogens with zero attached hydrogens (tertiary/aromatic N) is 5. The Balaban J connectivity index is 1.56. The van der Waals surface area contributed by atoms with Gasteiger partial charge >= 0.3 is 0 Å². The van der Waals surface area contributed by atoms with Gasteiger partial charge in [-0.05, 0) is 12.8 Å². The molecule has 116 valence electrons. The maximum absolute atomic E-state index is 12.2. The highest BCUT2D eigenvalue weighted by Crippen LogP contribution is 2.24. The van der Waals surface area contributed by atoms with Crippen LogP contribution in [-0.2, 0) is 16.6 Å². The fourth-order valence-corrected chi connectivity index (χ4v) is 2.69. The van der Waals surface area contributed by atoms with Gasteiger partial charge in [0.05, 0.1) is 19.5 Å². The fraction of sp³-hybridized carbons (Fsp3) is 0.571. The van der Waals surface area contributed by atoms with Crippen molar-refractivity contribution in [3.8, 4) is 0 Å². The van der Waals surface area contributed by atoms with Crippen LogP contribution in [0.2, 0.25) is 0 Å². The smallest absolute Gasteiger partial charge is 0.251 e. The summed E-state index contributed by atoms with van der Waals surface area (Å²) in [6.07, 6.45) is 4.95. The molecule has 0 spiro atoms. The van der Waals surface area contributed by atoms with Gasteiger partial charge in [-0.15, -0.1) is 0 Å². The average molecular weight is 302 g/mol. The molecule has 2 aromatic rings. The van der Waals surface area contributed by atoms with Gasteiger partial charge in [-0.3, -0.25) is 4.79 Å². The van der Waals surface area contributed by atoms with E-state index in [1.165, 1.54) is 6.33 Å². The number of morpholine rings is 1. The zero-order chi connectivity index (χ0) is 15.1. The van der Waals surface area contributed by atoms with Crippen LogP contribution in [0.5, 0.6) is 0 Å². The van der Waals surface area contributed by atoms with Crippen LogP contribution in [0.4, 0.5) is 5.82 Å². The minimum Gasteiger partial charge on any atom is -0.365 e. The molecular weight excluding hydrogens is 284 g/mol. The molecule has 3 heterocycles. The van der Waals surface area contributed by atoms with Crippen molar-refractivity contribution in [1.82, 2.24) is 24.8 Å². The molecule has 2 fully saturated rings. The van der Waals surface area contributed by atoms with Crippen molar-refractivity contribution in [1.29, 1.82) is 0 Å². The summed E-state index contributed by atoms with van der Waals surface area (Å²) < 4.78 is 7.47. The minimum atomic E-state index is -0.455. The Kier molecular flexibility index (Phi) is 3.18. The summed E-state index contributed by atoms with van der Waals surface area (Å²) in [6.45, 7) is 1.68. The molecule has 1 amide bonds. The predicted octanol–water partition coefficient (Wildman–Crippen LogP) is -0.153. The number of carbonyl (C=O) groups excluding carboxylic acids is 1. The lowest BCUT2D eigenvalue weighted by atomic mass is 10.2. The topological polar surface area (TPSA) is 85.2 Å². The summed E-state index contributed by atoms with van der Waals surface area (Å²) in [4.78, 5) is 27.2. The second-order valence-electron chi connectivity index (χ2n) is 5.81. The normalized spacial score (nSPS) is 22.0. The lowest BCUT2D eigenvalue weighted by molar-refractivity contribution is -0.133. The molecule has 8 nitrogen and oxygen atoms in total. The Morgan fingerprint density at radius 3 is 3.05 bits per heavy atom. The van der Waals surface area contributed by atoms with Crippen LogP contribution < -0.4 is 10.2 Å². The van der Waals surface area contributed by atoms with Crippen molar-refractivity contribution in [2.24, 2.45) is 7.05 Å². The van der Waals surface area contributed by atoms with Crippen molar-refractivity contribution >= 4 is 22.9 Å². The van der Waals surface area contributed by atoms with E-state index in [1.807, 2.05) is 11.6 Å². The van der Waals surface area contributed by atoms with Gasteiger partial charge in [0.15, 0.2) is 23.1 Å². The van der Waals surface area contributed by atoms with Gasteiger partial charge in [0.1, 0.15) is 6.33 Å². The van der Waals surface area contributed by atoms with E-state index >= 15 is 0 Å². The summed E-state index contributed by atoms with van der Waals surface area (Å²) in [6, 6.07) is 0.341. The van der Waals surface area contributed by atoms with Crippen molar-refractivity contribution < 1.29 is 9.53 Å². The Hall–Kier alpha value is -2.22. The number of ether oxygens (including phenoxy) is 1. The molecule has 0 bridgehead atoms. The van der Waals surface area contributed by atoms with Crippen LogP contribution in [0.15, 0.2) is 12.7 Å². The summed E-state index contributed by atoms with van der Waals surface area (Å²) in [5, 5.41) is 2.99. The van der Waals surface area contributed by atoms with Gasteiger partial charge in [-0.1, -0.05) is 0 Å². The first kappa shape index (κ1) is 13.4. The van der Waals surface area contributed by atoms with Gasteiger partial charge in [-0.2, -0.15) is 0 Å². The third-order valence-electron chi connectivity index (χ3n) is 4.06. The molecule has 0 radical (unpaired) electrons. The maximum Gasteiger partial charge on any atom is 0.251 e. The average Bonchev–Trinajstić information content (AvgIpc) is 3.28. The van der Waals surface area contributed by atoms with Crippen molar-refractivity contribution in [3.05, 3.63) is 12.7 Å². The van der Waals surface area contributed by atoms with E-state index in [0.717, 1.165) is 29.8 Å². The van der Waals surface area contributed by atoms with E-state index < -0.39 is 6.10 Å². The van der Waals surface area contributed by atoms with Crippen molar-refractivity contribution in [3.63, 3.8) is 0 Å². The monoisotopic (exact) mass is 302 g/mol. The van der Waals surface area contributed by atoms with Crippen LogP contribution in [0, 0.1) is 0 Å². The van der Waals surface area contributed by atoms with Gasteiger partial charge in [0.2, 0.25) is 0 Å². The molecule has 1 unspecified atom stereocenters. The highest BCUT2D eigenvalue weighted by atomic mass is 16.5. The number of fused-ring (bicyclic) bond motifs is 1. The van der Waals surface area contributed by atoms with E-state index in [9.17, 15) is 4.79 Å². The van der Waals surface area contributed by atoms with Crippen LogP contribution in [-0.4, -0.2) is 57.3 Å². The highest BCUT2D eigenvalue weighted by molar-refractivity contribution is 5.85. The first-order chi connectivity index (χ1) is 10.7. The number of amides is 1. The molecule has 22 heavy (non-hydrogen) atoms. The SMILES string of the molecule is Cn1cnc2c(N3CCOC(C(=O)NC4CC4)C3)ncnc21. The second-order valence-corrected chi connectivity index (χ2v) is 5.81. The molecule has 1 atom stereocenters. The van der Waals surface area contributed by atoms with Crippen molar-refractivity contribution in [2.75, 3.05) is 24.6 Å². The number of imidazole rings is 1. The molecule has 8 heteroatoms.